The Morgan fingerprint density at radius 3 is 1.41 bits per heavy atom. The average molecular weight is 440 g/mol. The molecular formula is C28H33BO2Si. The highest BCUT2D eigenvalue weighted by Gasteiger charge is 2.55. The van der Waals surface area contributed by atoms with Crippen LogP contribution in [0.2, 0.25) is 13.1 Å². The molecule has 4 rings (SSSR count). The third-order valence-corrected chi connectivity index (χ3v) is 10.7. The minimum absolute atomic E-state index is 0.400. The van der Waals surface area contributed by atoms with E-state index in [1.807, 2.05) is 0 Å². The third kappa shape index (κ3) is 4.15. The molecule has 0 radical (unpaired) electrons. The van der Waals surface area contributed by atoms with Gasteiger partial charge in [-0.2, -0.15) is 0 Å². The van der Waals surface area contributed by atoms with Crippen LogP contribution in [0.1, 0.15) is 38.8 Å². The summed E-state index contributed by atoms with van der Waals surface area (Å²) in [6.45, 7) is 13.3. The van der Waals surface area contributed by atoms with Crippen LogP contribution in [0.25, 0.3) is 5.57 Å². The Balaban J connectivity index is 2.04. The van der Waals surface area contributed by atoms with Crippen LogP contribution in [0.15, 0.2) is 96.1 Å². The van der Waals surface area contributed by atoms with E-state index in [1.165, 1.54) is 27.0 Å². The lowest BCUT2D eigenvalue weighted by Crippen LogP contribution is -2.50. The second kappa shape index (κ2) is 8.51. The lowest BCUT2D eigenvalue weighted by Gasteiger charge is -2.32. The van der Waals surface area contributed by atoms with Crippen molar-refractivity contribution in [2.24, 2.45) is 0 Å². The van der Waals surface area contributed by atoms with Gasteiger partial charge in [-0.3, -0.25) is 0 Å². The van der Waals surface area contributed by atoms with Gasteiger partial charge in [-0.1, -0.05) is 109 Å². The third-order valence-electron chi connectivity index (χ3n) is 7.05. The molecule has 164 valence electrons. The van der Waals surface area contributed by atoms with Crippen LogP contribution in [-0.4, -0.2) is 26.4 Å². The minimum Gasteiger partial charge on any atom is -0.400 e. The molecule has 0 bridgehead atoms. The number of rotatable bonds is 5. The van der Waals surface area contributed by atoms with Crippen LogP contribution in [0, 0.1) is 0 Å². The summed E-state index contributed by atoms with van der Waals surface area (Å²) in [5.41, 5.74) is 2.82. The number of hydrogen-bond acceptors (Lipinski definition) is 2. The maximum atomic E-state index is 6.71. The average Bonchev–Trinajstić information content (AvgIpc) is 3.00. The van der Waals surface area contributed by atoms with Crippen LogP contribution in [0.5, 0.6) is 0 Å². The summed E-state index contributed by atoms with van der Waals surface area (Å²) in [6, 6.07) is 32.2. The summed E-state index contributed by atoms with van der Waals surface area (Å²) in [5, 5.41) is 2.65. The molecular weight excluding hydrogens is 407 g/mol. The fourth-order valence-corrected chi connectivity index (χ4v) is 7.34. The molecule has 1 aliphatic rings. The van der Waals surface area contributed by atoms with Gasteiger partial charge in [0.25, 0.3) is 0 Å². The van der Waals surface area contributed by atoms with Gasteiger partial charge in [0.1, 0.15) is 8.07 Å². The smallest absolute Gasteiger partial charge is 0.400 e. The van der Waals surface area contributed by atoms with E-state index in [2.05, 4.69) is 132 Å². The van der Waals surface area contributed by atoms with E-state index >= 15 is 0 Å². The molecule has 0 atom stereocenters. The molecule has 2 nitrogen and oxygen atoms in total. The second-order valence-electron chi connectivity index (χ2n) is 10.1. The summed E-state index contributed by atoms with van der Waals surface area (Å²) in [6.07, 6.45) is 0. The highest BCUT2D eigenvalue weighted by atomic mass is 28.3. The topological polar surface area (TPSA) is 18.5 Å². The van der Waals surface area contributed by atoms with Crippen molar-refractivity contribution in [1.29, 1.82) is 0 Å². The van der Waals surface area contributed by atoms with Crippen LogP contribution in [0.4, 0.5) is 0 Å². The first-order valence-corrected chi connectivity index (χ1v) is 14.4. The van der Waals surface area contributed by atoms with E-state index < -0.39 is 26.4 Å². The van der Waals surface area contributed by atoms with E-state index in [0.717, 1.165) is 0 Å². The number of hydrogen-bond donors (Lipinski definition) is 0. The first-order valence-electron chi connectivity index (χ1n) is 11.4. The molecule has 4 heteroatoms. The lowest BCUT2D eigenvalue weighted by atomic mass is 9.81. The van der Waals surface area contributed by atoms with Gasteiger partial charge in [-0.05, 0) is 49.5 Å². The highest BCUT2D eigenvalue weighted by molar-refractivity contribution is 7.05. The molecule has 0 amide bonds. The first kappa shape index (κ1) is 22.8. The highest BCUT2D eigenvalue weighted by Crippen LogP contribution is 2.43. The summed E-state index contributed by atoms with van der Waals surface area (Å²) in [5.74, 6) is 0. The predicted molar refractivity (Wildman–Crippen MR) is 139 cm³/mol. The Morgan fingerprint density at radius 1 is 0.625 bits per heavy atom. The minimum atomic E-state index is -2.20. The maximum absolute atomic E-state index is 6.71. The SMILES string of the molecule is CC1(C)OB(C(=C(c2ccccc2)c2ccccc2)[Si](C)(C)c2ccccc2)OC1(C)C. The molecule has 1 heterocycles. The molecule has 0 aliphatic carbocycles. The van der Waals surface area contributed by atoms with Crippen molar-refractivity contribution in [2.45, 2.75) is 52.0 Å². The molecule has 0 aromatic heterocycles. The molecule has 0 unspecified atom stereocenters. The summed E-state index contributed by atoms with van der Waals surface area (Å²) < 4.78 is 13.4. The predicted octanol–water partition coefficient (Wildman–Crippen LogP) is 6.27. The van der Waals surface area contributed by atoms with E-state index in [0.29, 0.717) is 0 Å². The van der Waals surface area contributed by atoms with Crippen LogP contribution in [0.3, 0.4) is 0 Å². The largest absolute Gasteiger partial charge is 0.487 e. The monoisotopic (exact) mass is 440 g/mol. The Labute approximate surface area is 194 Å². The van der Waals surface area contributed by atoms with Crippen LogP contribution in [-0.2, 0) is 9.31 Å². The molecule has 3 aromatic carbocycles. The molecule has 3 aromatic rings. The van der Waals surface area contributed by atoms with Gasteiger partial charge < -0.3 is 9.31 Å². The van der Waals surface area contributed by atoms with Gasteiger partial charge in [0.05, 0.1) is 11.2 Å². The van der Waals surface area contributed by atoms with Gasteiger partial charge in [0.2, 0.25) is 0 Å². The van der Waals surface area contributed by atoms with E-state index in [1.54, 1.807) is 0 Å². The molecule has 1 saturated heterocycles. The molecule has 1 aliphatic heterocycles. The van der Waals surface area contributed by atoms with Gasteiger partial charge >= 0.3 is 7.12 Å². The molecule has 1 fully saturated rings. The van der Waals surface area contributed by atoms with Gasteiger partial charge in [0.15, 0.2) is 0 Å². The lowest BCUT2D eigenvalue weighted by molar-refractivity contribution is 0.00578. The molecule has 0 saturated carbocycles. The van der Waals surface area contributed by atoms with Crippen LogP contribution < -0.4 is 5.19 Å². The number of benzene rings is 3. The van der Waals surface area contributed by atoms with Crippen molar-refractivity contribution in [3.63, 3.8) is 0 Å². The Kier molecular flexibility index (Phi) is 6.06. The summed E-state index contributed by atoms with van der Waals surface area (Å²) >= 11 is 0. The van der Waals surface area contributed by atoms with E-state index in [9.17, 15) is 0 Å². The van der Waals surface area contributed by atoms with Crippen molar-refractivity contribution in [2.75, 3.05) is 0 Å². The normalized spacial score (nSPS) is 17.2. The molecule has 0 spiro atoms. The fourth-order valence-electron chi connectivity index (χ4n) is 4.38. The van der Waals surface area contributed by atoms with Crippen molar-refractivity contribution in [1.82, 2.24) is 0 Å². The molecule has 0 N–H and O–H groups in total. The Morgan fingerprint density at radius 2 is 1.00 bits per heavy atom. The first-order chi connectivity index (χ1) is 15.1. The van der Waals surface area contributed by atoms with E-state index in [4.69, 9.17) is 9.31 Å². The fraction of sp³-hybridized carbons (Fsp3) is 0.286. The van der Waals surface area contributed by atoms with E-state index in [-0.39, 0.29) is 0 Å². The quantitative estimate of drug-likeness (QED) is 0.435. The van der Waals surface area contributed by atoms with Crippen molar-refractivity contribution < 1.29 is 9.31 Å². The molecule has 32 heavy (non-hydrogen) atoms. The van der Waals surface area contributed by atoms with Crippen LogP contribution >= 0.6 is 0 Å². The summed E-state index contributed by atoms with van der Waals surface area (Å²) in [7, 11) is -2.60. The zero-order chi connectivity index (χ0) is 23.0. The van der Waals surface area contributed by atoms with Gasteiger partial charge in [-0.25, -0.2) is 0 Å². The summed E-state index contributed by atoms with van der Waals surface area (Å²) in [4.78, 5) is 0. The zero-order valence-electron chi connectivity index (χ0n) is 20.1. The van der Waals surface area contributed by atoms with Gasteiger partial charge in [-0.15, -0.1) is 0 Å². The Bertz CT molecular complexity index is 1030. The second-order valence-corrected chi connectivity index (χ2v) is 14.5. The Hall–Kier alpha value is -2.40. The maximum Gasteiger partial charge on any atom is 0.487 e. The van der Waals surface area contributed by atoms with Gasteiger partial charge in [0, 0.05) is 0 Å². The standard InChI is InChI=1S/C28H33BO2Si/c1-27(2)28(3,4)31-29(30-27)26(32(5,6)24-20-14-9-15-21-24)25(22-16-10-7-11-17-22)23-18-12-8-13-19-23/h7-21H,1-6H3. The van der Waals surface area contributed by atoms with Crippen molar-refractivity contribution in [3.05, 3.63) is 107 Å². The zero-order valence-corrected chi connectivity index (χ0v) is 21.1. The van der Waals surface area contributed by atoms with Crippen molar-refractivity contribution in [3.8, 4) is 0 Å². The van der Waals surface area contributed by atoms with Crippen molar-refractivity contribution >= 4 is 26.0 Å².